The fraction of sp³-hybridized carbons (Fsp3) is 0.400. The minimum atomic E-state index is 0.262. The van der Waals surface area contributed by atoms with Gasteiger partial charge in [-0.1, -0.05) is 24.6 Å². The molecular weight excluding hydrogens is 342 g/mol. The lowest BCUT2D eigenvalue weighted by Gasteiger charge is -2.22. The summed E-state index contributed by atoms with van der Waals surface area (Å²) in [6.45, 7) is 0.623. The van der Waals surface area contributed by atoms with E-state index in [-0.39, 0.29) is 6.10 Å². The lowest BCUT2D eigenvalue weighted by molar-refractivity contribution is 0.148. The summed E-state index contributed by atoms with van der Waals surface area (Å²) < 4.78 is 11.7. The Morgan fingerprint density at radius 1 is 1.04 bits per heavy atom. The summed E-state index contributed by atoms with van der Waals surface area (Å²) in [6.07, 6.45) is 10.2. The van der Waals surface area contributed by atoms with Crippen molar-refractivity contribution in [1.29, 1.82) is 0 Å². The van der Waals surface area contributed by atoms with Gasteiger partial charge >= 0.3 is 0 Å². The summed E-state index contributed by atoms with van der Waals surface area (Å²) >= 11 is 0. The van der Waals surface area contributed by atoms with E-state index in [9.17, 15) is 0 Å². The van der Waals surface area contributed by atoms with Crippen LogP contribution in [0.15, 0.2) is 47.1 Å². The van der Waals surface area contributed by atoms with E-state index < -0.39 is 0 Å². The van der Waals surface area contributed by atoms with E-state index in [1.165, 1.54) is 19.3 Å². The maximum absolute atomic E-state index is 5.96. The first-order chi connectivity index (χ1) is 13.4. The van der Waals surface area contributed by atoms with Crippen LogP contribution in [0.3, 0.4) is 0 Å². The van der Waals surface area contributed by atoms with E-state index in [1.807, 2.05) is 30.3 Å². The number of nitrogens with one attached hydrogen (secondary N) is 1. The van der Waals surface area contributed by atoms with Crippen molar-refractivity contribution in [3.63, 3.8) is 0 Å². The van der Waals surface area contributed by atoms with Crippen molar-refractivity contribution in [3.8, 4) is 17.3 Å². The average molecular weight is 365 g/mol. The molecule has 1 aromatic carbocycles. The normalized spacial score (nSPS) is 14.8. The number of nitrogens with zero attached hydrogens (tertiary/aromatic N) is 4. The van der Waals surface area contributed by atoms with Crippen molar-refractivity contribution < 1.29 is 9.15 Å². The highest BCUT2D eigenvalue weighted by Gasteiger charge is 2.15. The zero-order valence-corrected chi connectivity index (χ0v) is 15.2. The van der Waals surface area contributed by atoms with E-state index in [0.717, 1.165) is 18.4 Å². The molecule has 1 aliphatic carbocycles. The number of anilines is 1. The molecule has 27 heavy (non-hydrogen) atoms. The summed E-state index contributed by atoms with van der Waals surface area (Å²) in [4.78, 5) is 8.71. The van der Waals surface area contributed by atoms with Crippen molar-refractivity contribution in [1.82, 2.24) is 20.2 Å². The molecule has 4 rings (SSSR count). The van der Waals surface area contributed by atoms with Gasteiger partial charge in [0.25, 0.3) is 0 Å². The summed E-state index contributed by atoms with van der Waals surface area (Å²) in [5, 5.41) is 11.4. The Morgan fingerprint density at radius 3 is 2.74 bits per heavy atom. The molecule has 2 aromatic heterocycles. The Morgan fingerprint density at radius 2 is 1.89 bits per heavy atom. The molecule has 0 amide bonds. The third-order valence-corrected chi connectivity index (χ3v) is 4.58. The molecule has 1 fully saturated rings. The molecule has 0 radical (unpaired) electrons. The SMILES string of the molecule is c1ccc(-c2nnc(CCNc3cncc(OC4CCCCC4)n3)o2)cc1. The number of aromatic nitrogens is 4. The third kappa shape index (κ3) is 4.81. The van der Waals surface area contributed by atoms with Gasteiger partial charge in [0, 0.05) is 18.5 Å². The van der Waals surface area contributed by atoms with Gasteiger partial charge in [-0.05, 0) is 37.8 Å². The third-order valence-electron chi connectivity index (χ3n) is 4.58. The Hall–Kier alpha value is -2.96. The van der Waals surface area contributed by atoms with Gasteiger partial charge in [-0.15, -0.1) is 10.2 Å². The van der Waals surface area contributed by atoms with Gasteiger partial charge in [-0.2, -0.15) is 4.98 Å². The number of hydrogen-bond acceptors (Lipinski definition) is 7. The predicted molar refractivity (Wildman–Crippen MR) is 101 cm³/mol. The quantitative estimate of drug-likeness (QED) is 0.679. The molecule has 0 aliphatic heterocycles. The average Bonchev–Trinajstić information content (AvgIpc) is 3.19. The second kappa shape index (κ2) is 8.62. The topological polar surface area (TPSA) is 86.0 Å². The Bertz CT molecular complexity index is 846. The van der Waals surface area contributed by atoms with E-state index in [2.05, 4.69) is 25.5 Å². The first-order valence-corrected chi connectivity index (χ1v) is 9.47. The minimum absolute atomic E-state index is 0.262. The van der Waals surface area contributed by atoms with Gasteiger partial charge in [-0.25, -0.2) is 0 Å². The monoisotopic (exact) mass is 365 g/mol. The highest BCUT2D eigenvalue weighted by molar-refractivity contribution is 5.51. The standard InChI is InChI=1S/C20H23N5O2/c1-3-7-15(8-4-1)20-25-24-18(27-20)11-12-22-17-13-21-14-19(23-17)26-16-9-5-2-6-10-16/h1,3-4,7-8,13-14,16H,2,5-6,9-12H2,(H,22,23). The smallest absolute Gasteiger partial charge is 0.247 e. The van der Waals surface area contributed by atoms with Crippen molar-refractivity contribution in [2.45, 2.75) is 44.6 Å². The molecule has 0 saturated heterocycles. The van der Waals surface area contributed by atoms with Gasteiger partial charge in [0.15, 0.2) is 0 Å². The first-order valence-electron chi connectivity index (χ1n) is 9.47. The lowest BCUT2D eigenvalue weighted by atomic mass is 9.98. The van der Waals surface area contributed by atoms with Crippen LogP contribution in [0, 0.1) is 0 Å². The molecule has 140 valence electrons. The van der Waals surface area contributed by atoms with Crippen LogP contribution in [0.1, 0.15) is 38.0 Å². The summed E-state index contributed by atoms with van der Waals surface area (Å²) in [5.41, 5.74) is 0.919. The number of hydrogen-bond donors (Lipinski definition) is 1. The molecule has 2 heterocycles. The molecule has 7 heteroatoms. The van der Waals surface area contributed by atoms with Crippen molar-refractivity contribution >= 4 is 5.82 Å². The van der Waals surface area contributed by atoms with E-state index in [4.69, 9.17) is 9.15 Å². The van der Waals surface area contributed by atoms with Crippen LogP contribution in [-0.4, -0.2) is 32.8 Å². The molecule has 7 nitrogen and oxygen atoms in total. The fourth-order valence-electron chi connectivity index (χ4n) is 3.19. The minimum Gasteiger partial charge on any atom is -0.473 e. The second-order valence-electron chi connectivity index (χ2n) is 6.66. The zero-order valence-electron chi connectivity index (χ0n) is 15.2. The van der Waals surface area contributed by atoms with Crippen molar-refractivity contribution in [3.05, 3.63) is 48.6 Å². The van der Waals surface area contributed by atoms with Gasteiger partial charge in [-0.3, -0.25) is 4.98 Å². The fourth-order valence-corrected chi connectivity index (χ4v) is 3.19. The largest absolute Gasteiger partial charge is 0.473 e. The van der Waals surface area contributed by atoms with Crippen LogP contribution < -0.4 is 10.1 Å². The van der Waals surface area contributed by atoms with Gasteiger partial charge in [0.1, 0.15) is 11.9 Å². The van der Waals surface area contributed by atoms with Crippen molar-refractivity contribution in [2.24, 2.45) is 0 Å². The summed E-state index contributed by atoms with van der Waals surface area (Å²) in [6, 6.07) is 9.74. The Balaban J connectivity index is 1.29. The number of rotatable bonds is 7. The maximum atomic E-state index is 5.96. The highest BCUT2D eigenvalue weighted by atomic mass is 16.5. The van der Waals surface area contributed by atoms with E-state index >= 15 is 0 Å². The van der Waals surface area contributed by atoms with Crippen LogP contribution in [-0.2, 0) is 6.42 Å². The molecule has 0 spiro atoms. The Labute approximate surface area is 158 Å². The molecular formula is C20H23N5O2. The van der Waals surface area contributed by atoms with Crippen LogP contribution in [0.5, 0.6) is 5.88 Å². The second-order valence-corrected chi connectivity index (χ2v) is 6.66. The van der Waals surface area contributed by atoms with Crippen LogP contribution in [0.2, 0.25) is 0 Å². The van der Waals surface area contributed by atoms with Gasteiger partial charge in [0.05, 0.1) is 12.4 Å². The molecule has 1 aliphatic rings. The summed E-state index contributed by atoms with van der Waals surface area (Å²) in [5.74, 6) is 2.39. The Kier molecular flexibility index (Phi) is 5.57. The maximum Gasteiger partial charge on any atom is 0.247 e. The molecule has 3 aromatic rings. The molecule has 1 N–H and O–H groups in total. The molecule has 0 unspecified atom stereocenters. The zero-order chi connectivity index (χ0) is 18.3. The van der Waals surface area contributed by atoms with E-state index in [0.29, 0.717) is 36.4 Å². The van der Waals surface area contributed by atoms with Gasteiger partial charge in [0.2, 0.25) is 17.7 Å². The van der Waals surface area contributed by atoms with E-state index in [1.54, 1.807) is 12.4 Å². The van der Waals surface area contributed by atoms with Crippen LogP contribution >= 0.6 is 0 Å². The molecule has 0 atom stereocenters. The lowest BCUT2D eigenvalue weighted by Crippen LogP contribution is -2.20. The van der Waals surface area contributed by atoms with Crippen molar-refractivity contribution in [2.75, 3.05) is 11.9 Å². The first kappa shape index (κ1) is 17.5. The summed E-state index contributed by atoms with van der Waals surface area (Å²) in [7, 11) is 0. The number of benzene rings is 1. The molecule has 1 saturated carbocycles. The van der Waals surface area contributed by atoms with Crippen LogP contribution in [0.4, 0.5) is 5.82 Å². The molecule has 0 bridgehead atoms. The predicted octanol–water partition coefficient (Wildman–Crippen LogP) is 3.89. The van der Waals surface area contributed by atoms with Gasteiger partial charge < -0.3 is 14.5 Å². The van der Waals surface area contributed by atoms with Crippen LogP contribution in [0.25, 0.3) is 11.5 Å². The number of ether oxygens (including phenoxy) is 1. The highest BCUT2D eigenvalue weighted by Crippen LogP contribution is 2.22.